The van der Waals surface area contributed by atoms with E-state index in [1.807, 2.05) is 0 Å². The summed E-state index contributed by atoms with van der Waals surface area (Å²) in [5.74, 6) is 3.63. The maximum absolute atomic E-state index is 11.7. The van der Waals surface area contributed by atoms with Crippen molar-refractivity contribution in [3.63, 3.8) is 0 Å². The first-order valence-corrected chi connectivity index (χ1v) is 12.5. The maximum atomic E-state index is 11.7. The molecule has 3 fully saturated rings. The summed E-state index contributed by atoms with van der Waals surface area (Å²) in [7, 11) is 1.50. The number of fused-ring (bicyclic) bond motifs is 5. The minimum Gasteiger partial charge on any atom is -0.469 e. The van der Waals surface area contributed by atoms with Crippen molar-refractivity contribution in [2.24, 2.45) is 45.8 Å². The lowest BCUT2D eigenvalue weighted by molar-refractivity contribution is -0.141. The minimum absolute atomic E-state index is 0.0646. The van der Waals surface area contributed by atoms with Crippen LogP contribution in [0.2, 0.25) is 0 Å². The molecule has 3 nitrogen and oxygen atoms in total. The first-order valence-electron chi connectivity index (χ1n) is 12.5. The molecule has 0 unspecified atom stereocenters. The predicted molar refractivity (Wildman–Crippen MR) is 121 cm³/mol. The topological polar surface area (TPSA) is 46.5 Å². The lowest BCUT2D eigenvalue weighted by Crippen LogP contribution is -2.54. The quantitative estimate of drug-likeness (QED) is 0.441. The molecule has 1 N–H and O–H groups in total. The molecule has 170 valence electrons. The molecular formula is C27H44O3. The molecule has 0 radical (unpaired) electrons. The van der Waals surface area contributed by atoms with Crippen LogP contribution in [0.15, 0.2) is 11.6 Å². The average Bonchev–Trinajstić information content (AvgIpc) is 3.06. The molecule has 4 aliphatic carbocycles. The highest BCUT2D eigenvalue weighted by Gasteiger charge is 2.61. The van der Waals surface area contributed by atoms with Gasteiger partial charge in [0.05, 0.1) is 13.2 Å². The van der Waals surface area contributed by atoms with Gasteiger partial charge in [-0.1, -0.05) is 46.3 Å². The SMILES string of the molecule is COC(=O)CC[C@@H](C)[C@H]1CC[C@H]2[C@@H]3CC=C4C(C)(C)[C@@H](O)CC[C@]4(C)[C@H]3CC[C@]12C. The number of hydrogen-bond donors (Lipinski definition) is 1. The first-order chi connectivity index (χ1) is 14.1. The molecule has 3 saturated carbocycles. The van der Waals surface area contributed by atoms with E-state index in [2.05, 4.69) is 40.7 Å². The van der Waals surface area contributed by atoms with E-state index in [0.717, 1.165) is 42.9 Å². The van der Waals surface area contributed by atoms with Gasteiger partial charge >= 0.3 is 5.97 Å². The molecule has 0 heterocycles. The van der Waals surface area contributed by atoms with E-state index in [4.69, 9.17) is 4.74 Å². The second-order valence-corrected chi connectivity index (χ2v) is 12.2. The standard InChI is InChI=1S/C27H44O3/c1-17(7-12-24(29)30-6)19-9-10-20-18-8-11-22-25(2,3)23(28)14-16-27(22,5)21(18)13-15-26(19,20)4/h11,17-21,23,28H,7-10,12-16H2,1-6H3/t17-,18+,19-,20+,21+,23+,26-,27-/m1/s1. The number of rotatable bonds is 4. The van der Waals surface area contributed by atoms with Crippen molar-refractivity contribution in [3.8, 4) is 0 Å². The minimum atomic E-state index is -0.200. The van der Waals surface area contributed by atoms with Gasteiger partial charge in [0.15, 0.2) is 0 Å². The number of carbonyl (C=O) groups excluding carboxylic acids is 1. The molecule has 0 amide bonds. The summed E-state index contributed by atoms with van der Waals surface area (Å²) in [5.41, 5.74) is 2.16. The van der Waals surface area contributed by atoms with Crippen molar-refractivity contribution in [2.75, 3.05) is 7.11 Å². The third kappa shape index (κ3) is 3.21. The second kappa shape index (κ2) is 7.64. The summed E-state index contributed by atoms with van der Waals surface area (Å²) < 4.78 is 4.89. The third-order valence-corrected chi connectivity index (χ3v) is 10.7. The average molecular weight is 417 g/mol. The Morgan fingerprint density at radius 1 is 1.13 bits per heavy atom. The van der Waals surface area contributed by atoms with Gasteiger partial charge in [0.2, 0.25) is 0 Å². The van der Waals surface area contributed by atoms with Crippen LogP contribution in [-0.4, -0.2) is 24.3 Å². The fourth-order valence-electron chi connectivity index (χ4n) is 9.01. The van der Waals surface area contributed by atoms with E-state index >= 15 is 0 Å². The second-order valence-electron chi connectivity index (χ2n) is 12.2. The summed E-state index contributed by atoms with van der Waals surface area (Å²) in [5, 5.41) is 10.7. The fourth-order valence-corrected chi connectivity index (χ4v) is 9.01. The number of hydrogen-bond acceptors (Lipinski definition) is 3. The summed E-state index contributed by atoms with van der Waals surface area (Å²) in [6.07, 6.45) is 12.5. The lowest BCUT2D eigenvalue weighted by atomic mass is 9.44. The van der Waals surface area contributed by atoms with E-state index in [1.54, 1.807) is 5.57 Å². The number of allylic oxidation sites excluding steroid dienone is 1. The molecule has 4 aliphatic rings. The number of aliphatic hydroxyl groups is 1. The Morgan fingerprint density at radius 3 is 2.57 bits per heavy atom. The van der Waals surface area contributed by atoms with E-state index < -0.39 is 0 Å². The largest absolute Gasteiger partial charge is 0.469 e. The van der Waals surface area contributed by atoms with Gasteiger partial charge in [-0.2, -0.15) is 0 Å². The van der Waals surface area contributed by atoms with Crippen LogP contribution in [0, 0.1) is 45.8 Å². The van der Waals surface area contributed by atoms with Gasteiger partial charge in [0.1, 0.15) is 0 Å². The van der Waals surface area contributed by atoms with Crippen molar-refractivity contribution in [1.29, 1.82) is 0 Å². The van der Waals surface area contributed by atoms with E-state index in [1.165, 1.54) is 39.2 Å². The highest BCUT2D eigenvalue weighted by atomic mass is 16.5. The van der Waals surface area contributed by atoms with Crippen molar-refractivity contribution in [1.82, 2.24) is 0 Å². The number of methoxy groups -OCH3 is 1. The van der Waals surface area contributed by atoms with Crippen LogP contribution in [-0.2, 0) is 9.53 Å². The van der Waals surface area contributed by atoms with Crippen LogP contribution >= 0.6 is 0 Å². The maximum Gasteiger partial charge on any atom is 0.305 e. The van der Waals surface area contributed by atoms with Crippen molar-refractivity contribution in [3.05, 3.63) is 11.6 Å². The molecule has 3 heteroatoms. The van der Waals surface area contributed by atoms with Gasteiger partial charge < -0.3 is 9.84 Å². The fraction of sp³-hybridized carbons (Fsp3) is 0.889. The van der Waals surface area contributed by atoms with Crippen LogP contribution in [0.5, 0.6) is 0 Å². The Kier molecular flexibility index (Phi) is 5.70. The Labute approximate surface area is 184 Å². The summed E-state index contributed by atoms with van der Waals surface area (Å²) in [4.78, 5) is 11.7. The van der Waals surface area contributed by atoms with E-state index in [-0.39, 0.29) is 22.9 Å². The molecule has 0 aromatic heterocycles. The Hall–Kier alpha value is -0.830. The molecule has 4 rings (SSSR count). The molecule has 0 saturated heterocycles. The highest BCUT2D eigenvalue weighted by molar-refractivity contribution is 5.69. The molecule has 30 heavy (non-hydrogen) atoms. The predicted octanol–water partition coefficient (Wildman–Crippen LogP) is 6.15. The van der Waals surface area contributed by atoms with Gasteiger partial charge in [-0.15, -0.1) is 0 Å². The molecule has 0 aliphatic heterocycles. The van der Waals surface area contributed by atoms with Gasteiger partial charge in [-0.25, -0.2) is 0 Å². The number of esters is 1. The van der Waals surface area contributed by atoms with Crippen molar-refractivity contribution >= 4 is 5.97 Å². The zero-order chi connectivity index (χ0) is 21.9. The lowest BCUT2D eigenvalue weighted by Gasteiger charge is -2.61. The molecule has 0 aromatic rings. The molecule has 0 aromatic carbocycles. The first kappa shape index (κ1) is 22.4. The summed E-state index contributed by atoms with van der Waals surface area (Å²) in [6.45, 7) is 12.0. The number of ether oxygens (including phenoxy) is 1. The smallest absolute Gasteiger partial charge is 0.305 e. The third-order valence-electron chi connectivity index (χ3n) is 10.7. The number of carbonyl (C=O) groups is 1. The Morgan fingerprint density at radius 2 is 1.87 bits per heavy atom. The van der Waals surface area contributed by atoms with Crippen molar-refractivity contribution < 1.29 is 14.6 Å². The molecule has 8 atom stereocenters. The van der Waals surface area contributed by atoms with Gasteiger partial charge in [0, 0.05) is 11.8 Å². The summed E-state index contributed by atoms with van der Waals surface area (Å²) >= 11 is 0. The van der Waals surface area contributed by atoms with Crippen LogP contribution in [0.1, 0.15) is 92.4 Å². The Balaban J connectivity index is 1.56. The highest BCUT2D eigenvalue weighted by Crippen LogP contribution is 2.68. The van der Waals surface area contributed by atoms with Crippen LogP contribution in [0.25, 0.3) is 0 Å². The zero-order valence-corrected chi connectivity index (χ0v) is 20.2. The van der Waals surface area contributed by atoms with Gasteiger partial charge in [-0.3, -0.25) is 4.79 Å². The van der Waals surface area contributed by atoms with E-state index in [0.29, 0.717) is 17.8 Å². The molecule has 0 spiro atoms. The van der Waals surface area contributed by atoms with Crippen LogP contribution < -0.4 is 0 Å². The zero-order valence-electron chi connectivity index (χ0n) is 20.2. The monoisotopic (exact) mass is 416 g/mol. The van der Waals surface area contributed by atoms with Gasteiger partial charge in [0.25, 0.3) is 0 Å². The van der Waals surface area contributed by atoms with Crippen molar-refractivity contribution in [2.45, 2.75) is 98.5 Å². The normalized spacial score (nSPS) is 45.6. The summed E-state index contributed by atoms with van der Waals surface area (Å²) in [6, 6.07) is 0. The molecule has 0 bridgehead atoms. The van der Waals surface area contributed by atoms with Gasteiger partial charge in [-0.05, 0) is 91.8 Å². The van der Waals surface area contributed by atoms with E-state index in [9.17, 15) is 9.90 Å². The molecular weight excluding hydrogens is 372 g/mol. The number of aliphatic hydroxyl groups excluding tert-OH is 1. The van der Waals surface area contributed by atoms with Crippen LogP contribution in [0.4, 0.5) is 0 Å². The Bertz CT molecular complexity index is 709. The van der Waals surface area contributed by atoms with Crippen LogP contribution in [0.3, 0.4) is 0 Å².